The number of para-hydroxylation sites is 1. The molecule has 3 N–H and O–H groups in total. The minimum atomic E-state index is -1.04. The first kappa shape index (κ1) is 28.2. The molecular formula is C29H20BrClN4O5. The summed E-state index contributed by atoms with van der Waals surface area (Å²) < 4.78 is 6.10. The van der Waals surface area contributed by atoms with Gasteiger partial charge in [0.2, 0.25) is 0 Å². The molecule has 0 spiro atoms. The molecule has 40 heavy (non-hydrogen) atoms. The predicted molar refractivity (Wildman–Crippen MR) is 156 cm³/mol. The van der Waals surface area contributed by atoms with Crippen LogP contribution in [0.5, 0.6) is 5.75 Å². The summed E-state index contributed by atoms with van der Waals surface area (Å²) in [5.41, 5.74) is 3.92. The number of anilines is 2. The molecule has 4 aromatic rings. The number of nitrogens with zero attached hydrogens (tertiary/aromatic N) is 1. The summed E-state index contributed by atoms with van der Waals surface area (Å²) in [5.74, 6) is -2.72. The fraction of sp³-hybridized carbons (Fsp3) is 0. The van der Waals surface area contributed by atoms with Crippen LogP contribution in [-0.4, -0.2) is 29.9 Å². The average Bonchev–Trinajstić information content (AvgIpc) is 2.95. The number of carbonyl (C=O) groups excluding carboxylic acids is 4. The summed E-state index contributed by atoms with van der Waals surface area (Å²) in [6, 6.07) is 26.0. The van der Waals surface area contributed by atoms with E-state index in [1.165, 1.54) is 18.3 Å². The van der Waals surface area contributed by atoms with Gasteiger partial charge in [-0.15, -0.1) is 0 Å². The Balaban J connectivity index is 1.30. The highest BCUT2D eigenvalue weighted by Gasteiger charge is 2.18. The van der Waals surface area contributed by atoms with Crippen LogP contribution < -0.4 is 20.8 Å². The minimum Gasteiger partial charge on any atom is -0.423 e. The van der Waals surface area contributed by atoms with Crippen molar-refractivity contribution < 1.29 is 23.9 Å². The number of hydrazone groups is 1. The summed E-state index contributed by atoms with van der Waals surface area (Å²) in [7, 11) is 0. The highest BCUT2D eigenvalue weighted by Crippen LogP contribution is 2.19. The van der Waals surface area contributed by atoms with E-state index in [9.17, 15) is 19.2 Å². The second-order valence-corrected chi connectivity index (χ2v) is 9.48. The molecule has 0 heterocycles. The Morgan fingerprint density at radius 2 is 1.52 bits per heavy atom. The van der Waals surface area contributed by atoms with E-state index >= 15 is 0 Å². The monoisotopic (exact) mass is 618 g/mol. The molecule has 3 amide bonds. The molecule has 0 aliphatic carbocycles. The molecule has 4 rings (SSSR count). The molecule has 0 aliphatic heterocycles. The van der Waals surface area contributed by atoms with E-state index in [-0.39, 0.29) is 11.3 Å². The highest BCUT2D eigenvalue weighted by atomic mass is 79.9. The Bertz CT molecular complexity index is 1590. The van der Waals surface area contributed by atoms with Gasteiger partial charge in [-0.05, 0) is 84.4 Å². The lowest BCUT2D eigenvalue weighted by Gasteiger charge is -2.11. The lowest BCUT2D eigenvalue weighted by Crippen LogP contribution is -2.33. The SMILES string of the molecule is O=C(NN=Cc1ccc(OC(=O)c2cccc(Br)c2)cc1)C(=O)Nc1ccccc1C(=O)Nc1ccc(Cl)cc1. The molecule has 0 bridgehead atoms. The van der Waals surface area contributed by atoms with E-state index in [2.05, 4.69) is 37.1 Å². The van der Waals surface area contributed by atoms with Crippen LogP contribution in [0, 0.1) is 0 Å². The van der Waals surface area contributed by atoms with E-state index in [0.29, 0.717) is 27.6 Å². The fourth-order valence-electron chi connectivity index (χ4n) is 3.32. The van der Waals surface area contributed by atoms with Gasteiger partial charge in [-0.3, -0.25) is 14.4 Å². The van der Waals surface area contributed by atoms with Crippen molar-refractivity contribution in [1.82, 2.24) is 5.43 Å². The number of ether oxygens (including phenoxy) is 1. The van der Waals surface area contributed by atoms with Crippen molar-refractivity contribution in [2.45, 2.75) is 0 Å². The van der Waals surface area contributed by atoms with E-state index in [1.54, 1.807) is 84.9 Å². The van der Waals surface area contributed by atoms with E-state index in [4.69, 9.17) is 16.3 Å². The third kappa shape index (κ3) is 7.85. The van der Waals surface area contributed by atoms with Crippen LogP contribution in [0.3, 0.4) is 0 Å². The number of carbonyl (C=O) groups is 4. The van der Waals surface area contributed by atoms with Crippen LogP contribution in [0.1, 0.15) is 26.3 Å². The molecule has 11 heteroatoms. The van der Waals surface area contributed by atoms with Crippen LogP contribution in [0.2, 0.25) is 5.02 Å². The van der Waals surface area contributed by atoms with Gasteiger partial charge in [-0.25, -0.2) is 10.2 Å². The van der Waals surface area contributed by atoms with Gasteiger partial charge in [0.1, 0.15) is 5.75 Å². The zero-order valence-electron chi connectivity index (χ0n) is 20.6. The van der Waals surface area contributed by atoms with Gasteiger partial charge in [0.05, 0.1) is 23.0 Å². The van der Waals surface area contributed by atoms with Crippen molar-refractivity contribution in [3.8, 4) is 5.75 Å². The van der Waals surface area contributed by atoms with Gasteiger partial charge in [0.25, 0.3) is 5.91 Å². The average molecular weight is 620 g/mol. The number of benzene rings is 4. The summed E-state index contributed by atoms with van der Waals surface area (Å²) in [5, 5.41) is 9.43. The van der Waals surface area contributed by atoms with Crippen LogP contribution in [0.15, 0.2) is 107 Å². The fourth-order valence-corrected chi connectivity index (χ4v) is 3.85. The van der Waals surface area contributed by atoms with Crippen LogP contribution >= 0.6 is 27.5 Å². The number of nitrogens with one attached hydrogen (secondary N) is 3. The van der Waals surface area contributed by atoms with E-state index in [1.807, 2.05) is 0 Å². The third-order valence-electron chi connectivity index (χ3n) is 5.26. The van der Waals surface area contributed by atoms with Crippen LogP contribution in [-0.2, 0) is 9.59 Å². The van der Waals surface area contributed by atoms with E-state index in [0.717, 1.165) is 4.47 Å². The molecule has 9 nitrogen and oxygen atoms in total. The number of rotatable bonds is 7. The lowest BCUT2D eigenvalue weighted by molar-refractivity contribution is -0.136. The van der Waals surface area contributed by atoms with Crippen molar-refractivity contribution >= 4 is 68.8 Å². The largest absolute Gasteiger partial charge is 0.423 e. The number of hydrogen-bond acceptors (Lipinski definition) is 6. The molecule has 0 unspecified atom stereocenters. The number of halogens is 2. The van der Waals surface area contributed by atoms with Gasteiger partial charge in [-0.2, -0.15) is 5.10 Å². The first-order chi connectivity index (χ1) is 19.3. The van der Waals surface area contributed by atoms with Crippen molar-refractivity contribution in [3.05, 3.63) is 123 Å². The molecule has 200 valence electrons. The molecule has 0 atom stereocenters. The minimum absolute atomic E-state index is 0.145. The maximum Gasteiger partial charge on any atom is 0.343 e. The Morgan fingerprint density at radius 1 is 0.800 bits per heavy atom. The van der Waals surface area contributed by atoms with Gasteiger partial charge in [-0.1, -0.05) is 45.7 Å². The summed E-state index contributed by atoms with van der Waals surface area (Å²) in [6.07, 6.45) is 1.32. The Morgan fingerprint density at radius 3 is 2.25 bits per heavy atom. The van der Waals surface area contributed by atoms with Gasteiger partial charge < -0.3 is 15.4 Å². The summed E-state index contributed by atoms with van der Waals surface area (Å²) in [6.45, 7) is 0. The Hall–Kier alpha value is -4.80. The normalized spacial score (nSPS) is 10.6. The van der Waals surface area contributed by atoms with Crippen molar-refractivity contribution in [2.75, 3.05) is 10.6 Å². The van der Waals surface area contributed by atoms with E-state index < -0.39 is 23.7 Å². The maximum atomic E-state index is 12.7. The molecule has 0 fully saturated rings. The topological polar surface area (TPSA) is 126 Å². The predicted octanol–water partition coefficient (Wildman–Crippen LogP) is 5.66. The van der Waals surface area contributed by atoms with Gasteiger partial charge >= 0.3 is 17.8 Å². The smallest absolute Gasteiger partial charge is 0.343 e. The number of esters is 1. The molecule has 0 aromatic heterocycles. The Kier molecular flexibility index (Phi) is 9.39. The summed E-state index contributed by atoms with van der Waals surface area (Å²) in [4.78, 5) is 49.7. The van der Waals surface area contributed by atoms with Gasteiger partial charge in [0, 0.05) is 15.2 Å². The molecule has 0 saturated heterocycles. The number of hydrogen-bond donors (Lipinski definition) is 3. The van der Waals surface area contributed by atoms with Crippen molar-refractivity contribution in [3.63, 3.8) is 0 Å². The zero-order chi connectivity index (χ0) is 28.5. The lowest BCUT2D eigenvalue weighted by atomic mass is 10.1. The second-order valence-electron chi connectivity index (χ2n) is 8.13. The van der Waals surface area contributed by atoms with Crippen molar-refractivity contribution in [1.29, 1.82) is 0 Å². The first-order valence-electron chi connectivity index (χ1n) is 11.7. The molecule has 0 radical (unpaired) electrons. The Labute approximate surface area is 242 Å². The number of amides is 3. The second kappa shape index (κ2) is 13.3. The third-order valence-corrected chi connectivity index (χ3v) is 6.00. The molecule has 0 aliphatic rings. The molecule has 0 saturated carbocycles. The quantitative estimate of drug-likeness (QED) is 0.0809. The summed E-state index contributed by atoms with van der Waals surface area (Å²) >= 11 is 9.18. The molecular weight excluding hydrogens is 600 g/mol. The van der Waals surface area contributed by atoms with Crippen molar-refractivity contribution in [2.24, 2.45) is 5.10 Å². The van der Waals surface area contributed by atoms with Crippen LogP contribution in [0.4, 0.5) is 11.4 Å². The van der Waals surface area contributed by atoms with Gasteiger partial charge in [0.15, 0.2) is 0 Å². The standard InChI is InChI=1S/C29H20BrClN4O5/c30-20-5-3-4-19(16-20)29(39)40-23-14-8-18(9-15-23)17-32-35-28(38)27(37)34-25-7-2-1-6-24(25)26(36)33-22-12-10-21(31)11-13-22/h1-17H,(H,33,36)(H,34,37)(H,35,38). The first-order valence-corrected chi connectivity index (χ1v) is 12.8. The zero-order valence-corrected chi connectivity index (χ0v) is 22.9. The highest BCUT2D eigenvalue weighted by molar-refractivity contribution is 9.10. The molecule has 4 aromatic carbocycles. The van der Waals surface area contributed by atoms with Crippen LogP contribution in [0.25, 0.3) is 0 Å². The maximum absolute atomic E-state index is 12.7.